The van der Waals surface area contributed by atoms with Gasteiger partial charge in [0.15, 0.2) is 15.9 Å². The molecule has 2 rings (SSSR count). The Kier molecular flexibility index (Phi) is 6.72. The Balaban J connectivity index is 2.15. The minimum atomic E-state index is -3.64. The summed E-state index contributed by atoms with van der Waals surface area (Å²) in [5, 5.41) is 2.32. The van der Waals surface area contributed by atoms with Crippen LogP contribution in [-0.4, -0.2) is 32.2 Å². The molecular formula is C18H17BrFNO5S. The highest BCUT2D eigenvalue weighted by molar-refractivity contribution is 9.10. The SMILES string of the molecule is CCS(=O)(=O)c1ccccc1C(=O)OC(C)C(=O)Nc1ccc(Br)cc1F. The molecule has 6 nitrogen and oxygen atoms in total. The van der Waals surface area contributed by atoms with Crippen molar-refractivity contribution in [1.29, 1.82) is 0 Å². The summed E-state index contributed by atoms with van der Waals surface area (Å²) in [5.74, 6) is -2.55. The molecule has 1 atom stereocenters. The molecule has 1 amide bonds. The molecule has 0 spiro atoms. The van der Waals surface area contributed by atoms with Gasteiger partial charge in [-0.2, -0.15) is 0 Å². The Morgan fingerprint density at radius 2 is 1.89 bits per heavy atom. The Morgan fingerprint density at radius 1 is 1.22 bits per heavy atom. The van der Waals surface area contributed by atoms with Crippen LogP contribution in [-0.2, 0) is 19.4 Å². The van der Waals surface area contributed by atoms with Gasteiger partial charge in [0.05, 0.1) is 21.9 Å². The molecule has 0 bridgehead atoms. The molecule has 0 aliphatic heterocycles. The monoisotopic (exact) mass is 457 g/mol. The first-order valence-corrected chi connectivity index (χ1v) is 10.4. The van der Waals surface area contributed by atoms with Crippen LogP contribution in [0.5, 0.6) is 0 Å². The number of rotatable bonds is 6. The number of amides is 1. The van der Waals surface area contributed by atoms with Crippen molar-refractivity contribution in [3.8, 4) is 0 Å². The molecule has 0 saturated carbocycles. The predicted octanol–water partition coefficient (Wildman–Crippen LogP) is 3.57. The molecule has 27 heavy (non-hydrogen) atoms. The van der Waals surface area contributed by atoms with Crippen LogP contribution in [0.2, 0.25) is 0 Å². The summed E-state index contributed by atoms with van der Waals surface area (Å²) in [4.78, 5) is 24.4. The average molecular weight is 458 g/mol. The number of benzene rings is 2. The van der Waals surface area contributed by atoms with Gasteiger partial charge in [0.2, 0.25) is 0 Å². The van der Waals surface area contributed by atoms with E-state index >= 15 is 0 Å². The van der Waals surface area contributed by atoms with Gasteiger partial charge in [0.1, 0.15) is 5.82 Å². The van der Waals surface area contributed by atoms with Crippen molar-refractivity contribution in [2.45, 2.75) is 24.8 Å². The van der Waals surface area contributed by atoms with Gasteiger partial charge in [-0.3, -0.25) is 4.79 Å². The second kappa shape index (κ2) is 8.62. The van der Waals surface area contributed by atoms with E-state index in [1.807, 2.05) is 0 Å². The minimum absolute atomic E-state index is 0.0694. The summed E-state index contributed by atoms with van der Waals surface area (Å²) in [6, 6.07) is 9.68. The lowest BCUT2D eigenvalue weighted by atomic mass is 10.2. The minimum Gasteiger partial charge on any atom is -0.449 e. The molecule has 0 saturated heterocycles. The van der Waals surface area contributed by atoms with Crippen LogP contribution < -0.4 is 5.32 Å². The first-order valence-electron chi connectivity index (χ1n) is 7.94. The normalized spacial score (nSPS) is 12.3. The highest BCUT2D eigenvalue weighted by atomic mass is 79.9. The zero-order chi connectivity index (χ0) is 20.2. The fourth-order valence-corrected chi connectivity index (χ4v) is 3.58. The van der Waals surface area contributed by atoms with Crippen molar-refractivity contribution in [2.24, 2.45) is 0 Å². The Hall–Kier alpha value is -2.26. The van der Waals surface area contributed by atoms with Crippen LogP contribution in [0.25, 0.3) is 0 Å². The third-order valence-corrected chi connectivity index (χ3v) is 5.94. The van der Waals surface area contributed by atoms with Crippen LogP contribution in [0.4, 0.5) is 10.1 Å². The van der Waals surface area contributed by atoms with E-state index in [0.29, 0.717) is 4.47 Å². The number of carbonyl (C=O) groups is 2. The highest BCUT2D eigenvalue weighted by Crippen LogP contribution is 2.21. The second-order valence-corrected chi connectivity index (χ2v) is 8.72. The summed E-state index contributed by atoms with van der Waals surface area (Å²) in [6.07, 6.45) is -1.27. The van der Waals surface area contributed by atoms with Crippen LogP contribution >= 0.6 is 15.9 Å². The topological polar surface area (TPSA) is 89.5 Å². The molecule has 0 aliphatic rings. The maximum absolute atomic E-state index is 13.8. The average Bonchev–Trinajstić information content (AvgIpc) is 2.63. The largest absolute Gasteiger partial charge is 0.449 e. The van der Waals surface area contributed by atoms with Crippen molar-refractivity contribution in [3.05, 3.63) is 58.3 Å². The molecule has 2 aromatic carbocycles. The lowest BCUT2D eigenvalue weighted by molar-refractivity contribution is -0.123. The molecule has 0 fully saturated rings. The number of ether oxygens (including phenoxy) is 1. The molecule has 144 valence electrons. The number of esters is 1. The summed E-state index contributed by atoms with van der Waals surface area (Å²) in [7, 11) is -3.64. The molecule has 1 N–H and O–H groups in total. The van der Waals surface area contributed by atoms with Crippen molar-refractivity contribution in [1.82, 2.24) is 0 Å². The maximum atomic E-state index is 13.8. The Bertz CT molecular complexity index is 977. The molecule has 0 heterocycles. The van der Waals surface area contributed by atoms with Gasteiger partial charge in [-0.1, -0.05) is 35.0 Å². The predicted molar refractivity (Wildman–Crippen MR) is 102 cm³/mol. The number of hydrogen-bond acceptors (Lipinski definition) is 5. The summed E-state index contributed by atoms with van der Waals surface area (Å²) < 4.78 is 43.6. The van der Waals surface area contributed by atoms with E-state index in [1.165, 1.54) is 50.2 Å². The highest BCUT2D eigenvalue weighted by Gasteiger charge is 2.25. The number of carbonyl (C=O) groups excluding carboxylic acids is 2. The molecule has 0 aliphatic carbocycles. The zero-order valence-electron chi connectivity index (χ0n) is 14.5. The number of anilines is 1. The first kappa shape index (κ1) is 21.0. The van der Waals surface area contributed by atoms with E-state index in [1.54, 1.807) is 6.07 Å². The van der Waals surface area contributed by atoms with Gasteiger partial charge in [-0.05, 0) is 37.3 Å². The van der Waals surface area contributed by atoms with Crippen LogP contribution in [0.15, 0.2) is 51.8 Å². The van der Waals surface area contributed by atoms with E-state index in [-0.39, 0.29) is 21.9 Å². The molecule has 0 radical (unpaired) electrons. The Labute approximate surface area is 164 Å². The van der Waals surface area contributed by atoms with E-state index in [0.717, 1.165) is 0 Å². The second-order valence-electron chi connectivity index (χ2n) is 5.56. The van der Waals surface area contributed by atoms with E-state index < -0.39 is 33.6 Å². The van der Waals surface area contributed by atoms with Gasteiger partial charge in [0.25, 0.3) is 5.91 Å². The van der Waals surface area contributed by atoms with Crippen LogP contribution in [0, 0.1) is 5.82 Å². The van der Waals surface area contributed by atoms with Crippen LogP contribution in [0.3, 0.4) is 0 Å². The van der Waals surface area contributed by atoms with E-state index in [4.69, 9.17) is 4.74 Å². The third kappa shape index (κ3) is 5.14. The standard InChI is InChI=1S/C18H17BrFNO5S/c1-3-27(24,25)16-7-5-4-6-13(16)18(23)26-11(2)17(22)21-15-9-8-12(19)10-14(15)20/h4-11H,3H2,1-2H3,(H,21,22). The van der Waals surface area contributed by atoms with Crippen molar-refractivity contribution in [2.75, 3.05) is 11.1 Å². The molecule has 0 aromatic heterocycles. The number of nitrogens with one attached hydrogen (secondary N) is 1. The number of halogens is 2. The third-order valence-electron chi connectivity index (χ3n) is 3.66. The smallest absolute Gasteiger partial charge is 0.340 e. The fourth-order valence-electron chi connectivity index (χ4n) is 2.16. The van der Waals surface area contributed by atoms with Gasteiger partial charge in [0, 0.05) is 4.47 Å². The maximum Gasteiger partial charge on any atom is 0.340 e. The summed E-state index contributed by atoms with van der Waals surface area (Å²) in [5.41, 5.74) is -0.228. The van der Waals surface area contributed by atoms with Crippen molar-refractivity contribution < 1.29 is 27.1 Å². The van der Waals surface area contributed by atoms with E-state index in [2.05, 4.69) is 21.2 Å². The van der Waals surface area contributed by atoms with E-state index in [9.17, 15) is 22.4 Å². The van der Waals surface area contributed by atoms with Gasteiger partial charge in [-0.15, -0.1) is 0 Å². The van der Waals surface area contributed by atoms with Gasteiger partial charge >= 0.3 is 5.97 Å². The summed E-state index contributed by atoms with van der Waals surface area (Å²) in [6.45, 7) is 2.77. The zero-order valence-corrected chi connectivity index (χ0v) is 16.9. The molecule has 2 aromatic rings. The lowest BCUT2D eigenvalue weighted by Crippen LogP contribution is -2.30. The number of hydrogen-bond donors (Lipinski definition) is 1. The quantitative estimate of drug-likeness (QED) is 0.669. The Morgan fingerprint density at radius 3 is 2.52 bits per heavy atom. The van der Waals surface area contributed by atoms with Crippen molar-refractivity contribution >= 4 is 43.3 Å². The first-order chi connectivity index (χ1) is 12.7. The lowest BCUT2D eigenvalue weighted by Gasteiger charge is -2.15. The molecule has 9 heteroatoms. The van der Waals surface area contributed by atoms with Gasteiger partial charge in [-0.25, -0.2) is 17.6 Å². The van der Waals surface area contributed by atoms with Crippen LogP contribution in [0.1, 0.15) is 24.2 Å². The number of sulfone groups is 1. The molecular weight excluding hydrogens is 441 g/mol. The van der Waals surface area contributed by atoms with Crippen molar-refractivity contribution in [3.63, 3.8) is 0 Å². The van der Waals surface area contributed by atoms with Gasteiger partial charge < -0.3 is 10.1 Å². The molecule has 1 unspecified atom stereocenters. The fraction of sp³-hybridized carbons (Fsp3) is 0.222. The summed E-state index contributed by atoms with van der Waals surface area (Å²) >= 11 is 3.11.